The van der Waals surface area contributed by atoms with Crippen molar-refractivity contribution >= 4 is 29.1 Å². The fourth-order valence-electron chi connectivity index (χ4n) is 2.88. The molecular weight excluding hydrogens is 324 g/mol. The predicted octanol–water partition coefficient (Wildman–Crippen LogP) is 2.60. The normalized spacial score (nSPS) is 16.1. The van der Waals surface area contributed by atoms with E-state index in [1.165, 1.54) is 7.11 Å². The number of carbonyl (C=O) groups excluding carboxylic acids is 1. The molecule has 126 valence electrons. The summed E-state index contributed by atoms with van der Waals surface area (Å²) >= 11 is 5.84. The van der Waals surface area contributed by atoms with Crippen molar-refractivity contribution in [2.24, 2.45) is 5.92 Å². The molecule has 0 amide bonds. The van der Waals surface area contributed by atoms with Crippen molar-refractivity contribution in [3.8, 4) is 0 Å². The average molecular weight is 343 g/mol. The summed E-state index contributed by atoms with van der Waals surface area (Å²) in [6, 6.07) is 0.0896. The number of anilines is 1. The van der Waals surface area contributed by atoms with E-state index in [2.05, 4.69) is 9.97 Å². The number of carbonyl (C=O) groups is 1. The van der Waals surface area contributed by atoms with Gasteiger partial charge in [0.2, 0.25) is 11.1 Å². The Bertz CT molecular complexity index is 592. The Hall–Kier alpha value is -1.96. The van der Waals surface area contributed by atoms with Crippen LogP contribution in [0, 0.1) is 16.0 Å². The summed E-state index contributed by atoms with van der Waals surface area (Å²) in [5, 5.41) is 11.2. The molecule has 0 bridgehead atoms. The highest BCUT2D eigenvalue weighted by Crippen LogP contribution is 2.33. The van der Waals surface area contributed by atoms with Crippen LogP contribution in [0.3, 0.4) is 0 Å². The van der Waals surface area contributed by atoms with Gasteiger partial charge in [-0.15, -0.1) is 0 Å². The fraction of sp³-hybridized carbons (Fsp3) is 0.643. The standard InChI is InChI=1S/C14H19ClN4O4/c1-9(13(20)23-2)8-18(10-5-3-4-6-10)12-11(19(21)22)7-16-14(15)17-12/h7,9-10H,3-6,8H2,1-2H3. The summed E-state index contributed by atoms with van der Waals surface area (Å²) in [5.74, 6) is -0.637. The summed E-state index contributed by atoms with van der Waals surface area (Å²) in [7, 11) is 1.32. The van der Waals surface area contributed by atoms with Gasteiger partial charge < -0.3 is 9.64 Å². The molecule has 1 fully saturated rings. The molecule has 0 spiro atoms. The number of ether oxygens (including phenoxy) is 1. The Balaban J connectivity index is 2.39. The molecule has 1 heterocycles. The number of halogens is 1. The molecule has 0 N–H and O–H groups in total. The molecule has 1 aromatic heterocycles. The first-order valence-electron chi connectivity index (χ1n) is 7.45. The van der Waals surface area contributed by atoms with Crippen LogP contribution in [0.15, 0.2) is 6.20 Å². The zero-order valence-corrected chi connectivity index (χ0v) is 13.8. The van der Waals surface area contributed by atoms with E-state index in [0.29, 0.717) is 0 Å². The minimum atomic E-state index is -0.531. The fourth-order valence-corrected chi connectivity index (χ4v) is 3.01. The third-order valence-electron chi connectivity index (χ3n) is 4.03. The second-order valence-electron chi connectivity index (χ2n) is 5.62. The lowest BCUT2D eigenvalue weighted by Gasteiger charge is -2.31. The van der Waals surface area contributed by atoms with Gasteiger partial charge >= 0.3 is 11.7 Å². The van der Waals surface area contributed by atoms with E-state index in [1.807, 2.05) is 0 Å². The van der Waals surface area contributed by atoms with Gasteiger partial charge in [-0.2, -0.15) is 4.98 Å². The lowest BCUT2D eigenvalue weighted by molar-refractivity contribution is -0.384. The molecule has 0 radical (unpaired) electrons. The highest BCUT2D eigenvalue weighted by molar-refractivity contribution is 6.28. The highest BCUT2D eigenvalue weighted by Gasteiger charge is 2.32. The lowest BCUT2D eigenvalue weighted by Crippen LogP contribution is -2.40. The van der Waals surface area contributed by atoms with Crippen molar-refractivity contribution in [2.45, 2.75) is 38.6 Å². The van der Waals surface area contributed by atoms with Gasteiger partial charge in [0.15, 0.2) is 0 Å². The number of nitrogens with zero attached hydrogens (tertiary/aromatic N) is 4. The minimum absolute atomic E-state index is 0.0562. The third kappa shape index (κ3) is 4.07. The summed E-state index contributed by atoms with van der Waals surface area (Å²) < 4.78 is 4.75. The SMILES string of the molecule is COC(=O)C(C)CN(c1nc(Cl)ncc1[N+](=O)[O-])C1CCCC1. The molecule has 8 nitrogen and oxygen atoms in total. The minimum Gasteiger partial charge on any atom is -0.469 e. The number of hydrogen-bond donors (Lipinski definition) is 0. The van der Waals surface area contributed by atoms with E-state index < -0.39 is 10.8 Å². The van der Waals surface area contributed by atoms with Crippen LogP contribution in [-0.4, -0.2) is 40.6 Å². The summed E-state index contributed by atoms with van der Waals surface area (Å²) in [6.45, 7) is 2.01. The second-order valence-corrected chi connectivity index (χ2v) is 5.96. The molecule has 1 aliphatic carbocycles. The molecular formula is C14H19ClN4O4. The number of nitro groups is 1. The Kier molecular flexibility index (Phi) is 5.70. The molecule has 2 rings (SSSR count). The molecule has 23 heavy (non-hydrogen) atoms. The van der Waals surface area contributed by atoms with Crippen molar-refractivity contribution in [3.63, 3.8) is 0 Å². The van der Waals surface area contributed by atoms with Gasteiger partial charge in [0.05, 0.1) is 18.0 Å². The molecule has 9 heteroatoms. The van der Waals surface area contributed by atoms with Crippen molar-refractivity contribution in [3.05, 3.63) is 21.6 Å². The molecule has 1 aliphatic rings. The monoisotopic (exact) mass is 342 g/mol. The predicted molar refractivity (Wildman–Crippen MR) is 84.5 cm³/mol. The van der Waals surface area contributed by atoms with Crippen molar-refractivity contribution < 1.29 is 14.5 Å². The van der Waals surface area contributed by atoms with Crippen LogP contribution in [0.2, 0.25) is 5.28 Å². The first-order valence-corrected chi connectivity index (χ1v) is 7.83. The van der Waals surface area contributed by atoms with Gasteiger partial charge in [0.25, 0.3) is 0 Å². The zero-order valence-electron chi connectivity index (χ0n) is 13.1. The Labute approximate surface area is 139 Å². The zero-order chi connectivity index (χ0) is 17.0. The Morgan fingerprint density at radius 2 is 2.22 bits per heavy atom. The van der Waals surface area contributed by atoms with Crippen molar-refractivity contribution in [2.75, 3.05) is 18.6 Å². The summed E-state index contributed by atoms with van der Waals surface area (Å²) in [5.41, 5.74) is -0.210. The quantitative estimate of drug-likeness (QED) is 0.339. The molecule has 1 saturated carbocycles. The maximum Gasteiger partial charge on any atom is 0.329 e. The number of methoxy groups -OCH3 is 1. The number of rotatable bonds is 6. The van der Waals surface area contributed by atoms with E-state index >= 15 is 0 Å². The number of esters is 1. The largest absolute Gasteiger partial charge is 0.469 e. The van der Waals surface area contributed by atoms with Crippen LogP contribution in [0.4, 0.5) is 11.5 Å². The van der Waals surface area contributed by atoms with Crippen LogP contribution in [0.5, 0.6) is 0 Å². The van der Waals surface area contributed by atoms with Crippen LogP contribution >= 0.6 is 11.6 Å². The molecule has 0 aromatic carbocycles. The van der Waals surface area contributed by atoms with Gasteiger partial charge in [-0.05, 0) is 24.4 Å². The third-order valence-corrected chi connectivity index (χ3v) is 4.21. The lowest BCUT2D eigenvalue weighted by atomic mass is 10.1. The highest BCUT2D eigenvalue weighted by atomic mass is 35.5. The van der Waals surface area contributed by atoms with Gasteiger partial charge in [0.1, 0.15) is 6.20 Å². The summed E-state index contributed by atoms with van der Waals surface area (Å²) in [4.78, 5) is 32.1. The second kappa shape index (κ2) is 7.54. The van der Waals surface area contributed by atoms with Gasteiger partial charge in [-0.1, -0.05) is 19.8 Å². The van der Waals surface area contributed by atoms with Crippen molar-refractivity contribution in [1.29, 1.82) is 0 Å². The first kappa shape index (κ1) is 17.4. The average Bonchev–Trinajstić information content (AvgIpc) is 3.05. The number of hydrogen-bond acceptors (Lipinski definition) is 7. The maximum absolute atomic E-state index is 11.7. The van der Waals surface area contributed by atoms with Crippen LogP contribution < -0.4 is 4.90 Å². The van der Waals surface area contributed by atoms with E-state index in [-0.39, 0.29) is 35.3 Å². The van der Waals surface area contributed by atoms with E-state index in [1.54, 1.807) is 11.8 Å². The first-order chi connectivity index (χ1) is 10.9. The van der Waals surface area contributed by atoms with E-state index in [0.717, 1.165) is 31.9 Å². The van der Waals surface area contributed by atoms with E-state index in [9.17, 15) is 14.9 Å². The smallest absolute Gasteiger partial charge is 0.329 e. The molecule has 1 atom stereocenters. The topological polar surface area (TPSA) is 98.5 Å². The molecule has 0 saturated heterocycles. The van der Waals surface area contributed by atoms with Crippen LogP contribution in [0.1, 0.15) is 32.6 Å². The Morgan fingerprint density at radius 3 is 2.78 bits per heavy atom. The maximum atomic E-state index is 11.7. The van der Waals surface area contributed by atoms with E-state index in [4.69, 9.17) is 16.3 Å². The van der Waals surface area contributed by atoms with Crippen LogP contribution in [-0.2, 0) is 9.53 Å². The molecule has 1 unspecified atom stereocenters. The van der Waals surface area contributed by atoms with Gasteiger partial charge in [-0.3, -0.25) is 14.9 Å². The number of aromatic nitrogens is 2. The molecule has 1 aromatic rings. The Morgan fingerprint density at radius 1 is 1.57 bits per heavy atom. The van der Waals surface area contributed by atoms with Gasteiger partial charge in [-0.25, -0.2) is 4.98 Å². The van der Waals surface area contributed by atoms with Gasteiger partial charge in [0, 0.05) is 12.6 Å². The molecule has 0 aliphatic heterocycles. The summed E-state index contributed by atoms with van der Waals surface area (Å²) in [6.07, 6.45) is 4.98. The van der Waals surface area contributed by atoms with Crippen molar-refractivity contribution in [1.82, 2.24) is 9.97 Å². The van der Waals surface area contributed by atoms with Crippen LogP contribution in [0.25, 0.3) is 0 Å².